The number of aliphatic carboxylic acids is 2. The lowest BCUT2D eigenvalue weighted by Crippen LogP contribution is -2.22. The van der Waals surface area contributed by atoms with Crippen molar-refractivity contribution in [3.63, 3.8) is 0 Å². The molecule has 6 heteroatoms. The van der Waals surface area contributed by atoms with Crippen molar-refractivity contribution in [2.24, 2.45) is 0 Å². The van der Waals surface area contributed by atoms with Crippen LogP contribution < -0.4 is 0 Å². The van der Waals surface area contributed by atoms with E-state index in [9.17, 15) is 14.7 Å². The molecular weight excluding hydrogens is 320 g/mol. The molecular formula is C19H16N2O4. The number of imidazole rings is 1. The van der Waals surface area contributed by atoms with Crippen LogP contribution in [-0.4, -0.2) is 31.7 Å². The number of carbonyl (C=O) groups is 2. The first-order valence-corrected chi connectivity index (χ1v) is 7.70. The van der Waals surface area contributed by atoms with Crippen molar-refractivity contribution >= 4 is 11.9 Å². The number of carboxylic acids is 2. The van der Waals surface area contributed by atoms with E-state index < -0.39 is 24.4 Å². The molecule has 0 aliphatic heterocycles. The van der Waals surface area contributed by atoms with Gasteiger partial charge < -0.3 is 14.8 Å². The van der Waals surface area contributed by atoms with Crippen LogP contribution in [0.2, 0.25) is 0 Å². The molecule has 1 heterocycles. The van der Waals surface area contributed by atoms with Crippen LogP contribution in [0.3, 0.4) is 0 Å². The first-order valence-electron chi connectivity index (χ1n) is 7.70. The monoisotopic (exact) mass is 336 g/mol. The highest BCUT2D eigenvalue weighted by Crippen LogP contribution is 2.29. The normalized spacial score (nSPS) is 11.8. The molecule has 126 valence electrons. The van der Waals surface area contributed by atoms with E-state index in [0.29, 0.717) is 11.5 Å². The minimum atomic E-state index is -1.24. The highest BCUT2D eigenvalue weighted by Gasteiger charge is 2.27. The summed E-state index contributed by atoms with van der Waals surface area (Å²) in [5.41, 5.74) is 2.15. The maximum atomic E-state index is 11.7. The molecule has 2 aromatic carbocycles. The average Bonchev–Trinajstić information content (AvgIpc) is 3.06. The minimum absolute atomic E-state index is 0.424. The second-order valence-corrected chi connectivity index (χ2v) is 5.54. The number of rotatable bonds is 6. The fourth-order valence-corrected chi connectivity index (χ4v) is 2.65. The average molecular weight is 336 g/mol. The van der Waals surface area contributed by atoms with Crippen LogP contribution in [0.1, 0.15) is 12.5 Å². The SMILES string of the molecule is O=C(O)CC(C(=O)O)n1cc(-c2ccccc2)nc1-c1ccccc1. The van der Waals surface area contributed by atoms with E-state index in [1.54, 1.807) is 6.20 Å². The smallest absolute Gasteiger partial charge is 0.327 e. The first-order chi connectivity index (χ1) is 12.1. The van der Waals surface area contributed by atoms with Crippen molar-refractivity contribution in [3.8, 4) is 22.6 Å². The van der Waals surface area contributed by atoms with E-state index in [-0.39, 0.29) is 0 Å². The van der Waals surface area contributed by atoms with Gasteiger partial charge >= 0.3 is 11.9 Å². The van der Waals surface area contributed by atoms with E-state index in [1.165, 1.54) is 4.57 Å². The Morgan fingerprint density at radius 3 is 2.00 bits per heavy atom. The van der Waals surface area contributed by atoms with Crippen molar-refractivity contribution in [1.29, 1.82) is 0 Å². The highest BCUT2D eigenvalue weighted by molar-refractivity contribution is 5.80. The zero-order valence-electron chi connectivity index (χ0n) is 13.2. The summed E-state index contributed by atoms with van der Waals surface area (Å²) in [4.78, 5) is 27.3. The molecule has 0 spiro atoms. The Morgan fingerprint density at radius 1 is 0.920 bits per heavy atom. The van der Waals surface area contributed by atoms with Gasteiger partial charge in [0.15, 0.2) is 0 Å². The third-order valence-electron chi connectivity index (χ3n) is 3.82. The number of nitrogens with zero attached hydrogens (tertiary/aromatic N) is 2. The van der Waals surface area contributed by atoms with E-state index >= 15 is 0 Å². The third-order valence-corrected chi connectivity index (χ3v) is 3.82. The fourth-order valence-electron chi connectivity index (χ4n) is 2.65. The summed E-state index contributed by atoms with van der Waals surface area (Å²) in [6, 6.07) is 17.2. The van der Waals surface area contributed by atoms with E-state index in [4.69, 9.17) is 5.11 Å². The summed E-state index contributed by atoms with van der Waals surface area (Å²) >= 11 is 0. The van der Waals surface area contributed by atoms with Crippen molar-refractivity contribution in [1.82, 2.24) is 9.55 Å². The van der Waals surface area contributed by atoms with Crippen LogP contribution in [0, 0.1) is 0 Å². The zero-order valence-corrected chi connectivity index (χ0v) is 13.2. The molecule has 3 aromatic rings. The van der Waals surface area contributed by atoms with E-state index in [0.717, 1.165) is 11.1 Å². The lowest BCUT2D eigenvalue weighted by molar-refractivity contribution is -0.147. The number of aromatic nitrogens is 2. The zero-order chi connectivity index (χ0) is 17.8. The number of hydrogen-bond acceptors (Lipinski definition) is 3. The number of benzene rings is 2. The Morgan fingerprint density at radius 2 is 1.48 bits per heavy atom. The van der Waals surface area contributed by atoms with Gasteiger partial charge in [-0.05, 0) is 0 Å². The van der Waals surface area contributed by atoms with Gasteiger partial charge in [0.1, 0.15) is 11.9 Å². The predicted octanol–water partition coefficient (Wildman–Crippen LogP) is 3.32. The van der Waals surface area contributed by atoms with Gasteiger partial charge in [-0.15, -0.1) is 0 Å². The largest absolute Gasteiger partial charge is 0.481 e. The summed E-state index contributed by atoms with van der Waals surface area (Å²) in [5, 5.41) is 18.6. The molecule has 0 bridgehead atoms. The molecule has 1 atom stereocenters. The summed E-state index contributed by atoms with van der Waals surface area (Å²) in [6.45, 7) is 0. The third kappa shape index (κ3) is 3.58. The van der Waals surface area contributed by atoms with Crippen molar-refractivity contribution in [2.75, 3.05) is 0 Å². The van der Waals surface area contributed by atoms with Gasteiger partial charge in [-0.25, -0.2) is 9.78 Å². The topological polar surface area (TPSA) is 92.4 Å². The second-order valence-electron chi connectivity index (χ2n) is 5.54. The molecule has 3 rings (SSSR count). The molecule has 0 fully saturated rings. The molecule has 1 unspecified atom stereocenters. The Bertz CT molecular complexity index is 888. The van der Waals surface area contributed by atoms with Gasteiger partial charge in [0.2, 0.25) is 0 Å². The Balaban J connectivity index is 2.16. The van der Waals surface area contributed by atoms with Crippen LogP contribution in [0.25, 0.3) is 22.6 Å². The lowest BCUT2D eigenvalue weighted by Gasteiger charge is -2.14. The van der Waals surface area contributed by atoms with Crippen LogP contribution in [0.4, 0.5) is 0 Å². The standard InChI is InChI=1S/C19H16N2O4/c22-17(23)11-16(19(24)25)21-12-15(13-7-3-1-4-8-13)20-18(21)14-9-5-2-6-10-14/h1-10,12,16H,11H2,(H,22,23)(H,24,25). The minimum Gasteiger partial charge on any atom is -0.481 e. The van der Waals surface area contributed by atoms with Crippen LogP contribution >= 0.6 is 0 Å². The van der Waals surface area contributed by atoms with Gasteiger partial charge in [0, 0.05) is 17.3 Å². The van der Waals surface area contributed by atoms with Crippen molar-refractivity contribution in [3.05, 3.63) is 66.9 Å². The van der Waals surface area contributed by atoms with Gasteiger partial charge in [0.25, 0.3) is 0 Å². The Kier molecular flexibility index (Phi) is 4.61. The summed E-state index contributed by atoms with van der Waals surface area (Å²) in [6.07, 6.45) is 1.07. The summed E-state index contributed by atoms with van der Waals surface area (Å²) in [5.74, 6) is -1.97. The van der Waals surface area contributed by atoms with Crippen molar-refractivity contribution < 1.29 is 19.8 Å². The summed E-state index contributed by atoms with van der Waals surface area (Å²) in [7, 11) is 0. The van der Waals surface area contributed by atoms with Gasteiger partial charge in [-0.3, -0.25) is 4.79 Å². The second kappa shape index (κ2) is 7.00. The molecule has 0 aliphatic rings. The highest BCUT2D eigenvalue weighted by atomic mass is 16.4. The molecule has 6 nitrogen and oxygen atoms in total. The molecule has 25 heavy (non-hydrogen) atoms. The molecule has 0 saturated heterocycles. The van der Waals surface area contributed by atoms with E-state index in [2.05, 4.69) is 4.98 Å². The molecule has 0 radical (unpaired) electrons. The fraction of sp³-hybridized carbons (Fsp3) is 0.105. The first kappa shape index (κ1) is 16.4. The molecule has 0 amide bonds. The van der Waals surface area contributed by atoms with E-state index in [1.807, 2.05) is 60.7 Å². The van der Waals surface area contributed by atoms with Gasteiger partial charge in [-0.1, -0.05) is 60.7 Å². The lowest BCUT2D eigenvalue weighted by atomic mass is 10.1. The number of hydrogen-bond donors (Lipinski definition) is 2. The van der Waals surface area contributed by atoms with Crippen LogP contribution in [0.5, 0.6) is 0 Å². The molecule has 2 N–H and O–H groups in total. The van der Waals surface area contributed by atoms with Crippen LogP contribution in [-0.2, 0) is 9.59 Å². The van der Waals surface area contributed by atoms with Crippen LogP contribution in [0.15, 0.2) is 66.9 Å². The Labute approximate surface area is 144 Å². The quantitative estimate of drug-likeness (QED) is 0.720. The van der Waals surface area contributed by atoms with Gasteiger partial charge in [0.05, 0.1) is 12.1 Å². The maximum Gasteiger partial charge on any atom is 0.327 e. The summed E-state index contributed by atoms with van der Waals surface area (Å²) < 4.78 is 1.42. The molecule has 1 aromatic heterocycles. The van der Waals surface area contributed by atoms with Gasteiger partial charge in [-0.2, -0.15) is 0 Å². The number of carboxylic acid groups (broad SMARTS) is 2. The van der Waals surface area contributed by atoms with Crippen molar-refractivity contribution in [2.45, 2.75) is 12.5 Å². The Hall–Kier alpha value is -3.41. The molecule has 0 saturated carbocycles. The molecule has 0 aliphatic carbocycles. The maximum absolute atomic E-state index is 11.7. The predicted molar refractivity (Wildman–Crippen MR) is 92.0 cm³/mol.